The molecule has 2 atom stereocenters. The van der Waals surface area contributed by atoms with E-state index in [0.29, 0.717) is 6.54 Å². The van der Waals surface area contributed by atoms with Crippen molar-refractivity contribution in [1.29, 1.82) is 0 Å². The van der Waals surface area contributed by atoms with Crippen molar-refractivity contribution >= 4 is 18.0 Å². The van der Waals surface area contributed by atoms with Crippen LogP contribution < -0.4 is 5.32 Å². The Labute approximate surface area is 205 Å². The molecule has 2 N–H and O–H groups in total. The fourth-order valence-corrected chi connectivity index (χ4v) is 5.90. The van der Waals surface area contributed by atoms with Crippen LogP contribution in [0.5, 0.6) is 0 Å². The first kappa shape index (κ1) is 23.4. The van der Waals surface area contributed by atoms with Crippen LogP contribution in [0.15, 0.2) is 48.5 Å². The van der Waals surface area contributed by atoms with Crippen molar-refractivity contribution in [3.63, 3.8) is 0 Å². The lowest BCUT2D eigenvalue weighted by molar-refractivity contribution is -0.172. The molecule has 2 aromatic rings. The minimum absolute atomic E-state index is 0.0309. The number of alkyl carbamates (subject to hydrolysis) is 1. The maximum absolute atomic E-state index is 13.0. The molecule has 1 heterocycles. The number of carbonyl (C=O) groups is 3. The van der Waals surface area contributed by atoms with E-state index >= 15 is 0 Å². The van der Waals surface area contributed by atoms with E-state index in [1.165, 1.54) is 16.0 Å². The summed E-state index contributed by atoms with van der Waals surface area (Å²) in [5.74, 6) is -1.04. The highest BCUT2D eigenvalue weighted by Crippen LogP contribution is 2.44. The van der Waals surface area contributed by atoms with Gasteiger partial charge < -0.3 is 20.1 Å². The zero-order valence-electron chi connectivity index (χ0n) is 20.2. The minimum atomic E-state index is -0.987. The number of hydrogen-bond donors (Lipinski definition) is 2. The average molecular weight is 477 g/mol. The lowest BCUT2D eigenvalue weighted by Gasteiger charge is -2.52. The molecule has 2 fully saturated rings. The van der Waals surface area contributed by atoms with Gasteiger partial charge in [-0.3, -0.25) is 4.79 Å². The number of benzene rings is 2. The normalized spacial score (nSPS) is 21.2. The molecule has 2 aliphatic carbocycles. The first-order chi connectivity index (χ1) is 16.8. The van der Waals surface area contributed by atoms with Crippen LogP contribution in [0.1, 0.15) is 56.6 Å². The molecule has 0 aromatic heterocycles. The lowest BCUT2D eigenvalue weighted by atomic mass is 9.73. The first-order valence-corrected chi connectivity index (χ1v) is 12.4. The summed E-state index contributed by atoms with van der Waals surface area (Å²) >= 11 is 0. The number of carbonyl (C=O) groups excluding carboxylic acids is 2. The van der Waals surface area contributed by atoms with Gasteiger partial charge >= 0.3 is 12.1 Å². The SMILES string of the molecule is CC1(C)CN(C(=O)CC(NC(=O)OCC2c3ccccc3-c3ccccc32)C2CCC2)C1C(=O)O. The molecule has 5 rings (SSSR count). The maximum atomic E-state index is 13.0. The van der Waals surface area contributed by atoms with Crippen molar-refractivity contribution in [3.8, 4) is 11.1 Å². The van der Waals surface area contributed by atoms with Gasteiger partial charge in [0.15, 0.2) is 0 Å². The first-order valence-electron chi connectivity index (χ1n) is 12.4. The second kappa shape index (κ2) is 9.02. The molecule has 2 aromatic carbocycles. The van der Waals surface area contributed by atoms with Gasteiger partial charge in [0, 0.05) is 30.3 Å². The lowest BCUT2D eigenvalue weighted by Crippen LogP contribution is -2.67. The highest BCUT2D eigenvalue weighted by atomic mass is 16.5. The predicted octanol–water partition coefficient (Wildman–Crippen LogP) is 4.41. The molecule has 35 heavy (non-hydrogen) atoms. The average Bonchev–Trinajstić information content (AvgIpc) is 3.08. The zero-order valence-corrected chi connectivity index (χ0v) is 20.2. The van der Waals surface area contributed by atoms with Crippen molar-refractivity contribution in [2.75, 3.05) is 13.2 Å². The summed E-state index contributed by atoms with van der Waals surface area (Å²) in [5, 5.41) is 12.5. The van der Waals surface area contributed by atoms with Crippen molar-refractivity contribution < 1.29 is 24.2 Å². The molecular formula is C28H32N2O5. The van der Waals surface area contributed by atoms with Crippen LogP contribution in [0, 0.1) is 11.3 Å². The van der Waals surface area contributed by atoms with Gasteiger partial charge in [0.1, 0.15) is 12.6 Å². The van der Waals surface area contributed by atoms with E-state index in [1.54, 1.807) is 0 Å². The third kappa shape index (κ3) is 4.28. The summed E-state index contributed by atoms with van der Waals surface area (Å²) in [4.78, 5) is 38.9. The van der Waals surface area contributed by atoms with Crippen LogP contribution in [-0.4, -0.2) is 53.2 Å². The Morgan fingerprint density at radius 1 is 1.06 bits per heavy atom. The number of nitrogens with zero attached hydrogens (tertiary/aromatic N) is 1. The molecule has 1 aliphatic heterocycles. The molecule has 7 heteroatoms. The molecule has 3 aliphatic rings. The fourth-order valence-electron chi connectivity index (χ4n) is 5.90. The molecule has 0 bridgehead atoms. The van der Waals surface area contributed by atoms with E-state index in [-0.39, 0.29) is 36.8 Å². The Hall–Kier alpha value is -3.35. The number of carboxylic acid groups (broad SMARTS) is 1. The smallest absolute Gasteiger partial charge is 0.407 e. The van der Waals surface area contributed by atoms with Crippen LogP contribution >= 0.6 is 0 Å². The number of amides is 2. The number of aliphatic carboxylic acids is 1. The number of ether oxygens (including phenoxy) is 1. The molecule has 2 unspecified atom stereocenters. The fraction of sp³-hybridized carbons (Fsp3) is 0.464. The standard InChI is InChI=1S/C28H32N2O5/c1-28(2)16-30(25(28)26(32)33)24(31)14-23(17-8-7-9-17)29-27(34)35-15-22-20-12-5-3-10-18(20)19-11-4-6-13-21(19)22/h3-6,10-13,17,22-23,25H,7-9,14-16H2,1-2H3,(H,29,34)(H,32,33). The third-order valence-electron chi connectivity index (χ3n) is 7.94. The van der Waals surface area contributed by atoms with E-state index in [9.17, 15) is 19.5 Å². The van der Waals surface area contributed by atoms with Crippen LogP contribution in [-0.2, 0) is 14.3 Å². The van der Waals surface area contributed by atoms with Crippen molar-refractivity contribution in [2.45, 2.75) is 57.5 Å². The van der Waals surface area contributed by atoms with Crippen LogP contribution in [0.2, 0.25) is 0 Å². The number of nitrogens with one attached hydrogen (secondary N) is 1. The van der Waals surface area contributed by atoms with E-state index in [0.717, 1.165) is 30.4 Å². The Morgan fingerprint density at radius 3 is 2.17 bits per heavy atom. The molecule has 0 spiro atoms. The second-order valence-electron chi connectivity index (χ2n) is 10.7. The Morgan fingerprint density at radius 2 is 1.66 bits per heavy atom. The number of rotatable bonds is 7. The van der Waals surface area contributed by atoms with Crippen LogP contribution in [0.4, 0.5) is 4.79 Å². The van der Waals surface area contributed by atoms with Gasteiger partial charge in [-0.25, -0.2) is 9.59 Å². The predicted molar refractivity (Wildman–Crippen MR) is 131 cm³/mol. The summed E-state index contributed by atoms with van der Waals surface area (Å²) in [5.41, 5.74) is 4.17. The summed E-state index contributed by atoms with van der Waals surface area (Å²) in [6.07, 6.45) is 2.51. The minimum Gasteiger partial charge on any atom is -0.480 e. The van der Waals surface area contributed by atoms with Gasteiger partial charge in [0.05, 0.1) is 0 Å². The largest absolute Gasteiger partial charge is 0.480 e. The van der Waals surface area contributed by atoms with Gasteiger partial charge in [0.25, 0.3) is 0 Å². The zero-order chi connectivity index (χ0) is 24.7. The van der Waals surface area contributed by atoms with Gasteiger partial charge in [-0.15, -0.1) is 0 Å². The molecule has 0 radical (unpaired) electrons. The highest BCUT2D eigenvalue weighted by molar-refractivity contribution is 5.87. The summed E-state index contributed by atoms with van der Waals surface area (Å²) in [6, 6.07) is 15.2. The van der Waals surface area contributed by atoms with Gasteiger partial charge in [-0.2, -0.15) is 0 Å². The number of likely N-dealkylation sites (tertiary alicyclic amines) is 1. The van der Waals surface area contributed by atoms with Crippen LogP contribution in [0.25, 0.3) is 11.1 Å². The highest BCUT2D eigenvalue weighted by Gasteiger charge is 2.52. The van der Waals surface area contributed by atoms with E-state index < -0.39 is 23.5 Å². The number of fused-ring (bicyclic) bond motifs is 3. The molecular weight excluding hydrogens is 444 g/mol. The third-order valence-corrected chi connectivity index (χ3v) is 7.94. The van der Waals surface area contributed by atoms with Gasteiger partial charge in [-0.1, -0.05) is 68.8 Å². The molecule has 7 nitrogen and oxygen atoms in total. The maximum Gasteiger partial charge on any atom is 0.407 e. The summed E-state index contributed by atoms with van der Waals surface area (Å²) < 4.78 is 5.69. The topological polar surface area (TPSA) is 95.9 Å². The van der Waals surface area contributed by atoms with Crippen molar-refractivity contribution in [1.82, 2.24) is 10.2 Å². The van der Waals surface area contributed by atoms with Gasteiger partial charge in [-0.05, 0) is 41.0 Å². The van der Waals surface area contributed by atoms with E-state index in [4.69, 9.17) is 4.74 Å². The van der Waals surface area contributed by atoms with Crippen molar-refractivity contribution in [3.05, 3.63) is 59.7 Å². The Balaban J connectivity index is 1.23. The molecule has 184 valence electrons. The van der Waals surface area contributed by atoms with E-state index in [1.807, 2.05) is 38.1 Å². The molecule has 2 amide bonds. The summed E-state index contributed by atoms with van der Waals surface area (Å²) in [7, 11) is 0. The summed E-state index contributed by atoms with van der Waals surface area (Å²) in [6.45, 7) is 4.33. The van der Waals surface area contributed by atoms with Gasteiger partial charge in [0.2, 0.25) is 5.91 Å². The Kier molecular flexibility index (Phi) is 6.03. The second-order valence-corrected chi connectivity index (χ2v) is 10.7. The van der Waals surface area contributed by atoms with Crippen LogP contribution in [0.3, 0.4) is 0 Å². The molecule has 1 saturated carbocycles. The molecule has 1 saturated heterocycles. The Bertz CT molecular complexity index is 1110. The van der Waals surface area contributed by atoms with Crippen molar-refractivity contribution in [2.24, 2.45) is 11.3 Å². The number of hydrogen-bond acceptors (Lipinski definition) is 4. The van der Waals surface area contributed by atoms with E-state index in [2.05, 4.69) is 29.6 Å². The quantitative estimate of drug-likeness (QED) is 0.617. The number of carboxylic acids is 1. The monoisotopic (exact) mass is 476 g/mol.